The number of ether oxygens (including phenoxy) is 2. The van der Waals surface area contributed by atoms with Crippen LogP contribution in [0.25, 0.3) is 0 Å². The number of thiophene rings is 1. The van der Waals surface area contributed by atoms with Crippen LogP contribution in [0.3, 0.4) is 0 Å². The van der Waals surface area contributed by atoms with Crippen LogP contribution in [-0.4, -0.2) is 19.3 Å². The lowest BCUT2D eigenvalue weighted by molar-refractivity contribution is 0.216. The molecule has 0 saturated heterocycles. The van der Waals surface area contributed by atoms with Gasteiger partial charge in [0.05, 0.1) is 6.61 Å². The molecule has 1 N–H and O–H groups in total. The molecule has 3 nitrogen and oxygen atoms in total. The zero-order valence-corrected chi connectivity index (χ0v) is 12.8. The monoisotopic (exact) mass is 291 g/mol. The van der Waals surface area contributed by atoms with Crippen molar-refractivity contribution in [1.82, 2.24) is 5.32 Å². The number of nitrogens with one attached hydrogen (secondary N) is 1. The first-order chi connectivity index (χ1) is 9.78. The van der Waals surface area contributed by atoms with Gasteiger partial charge in [0, 0.05) is 18.0 Å². The Balaban J connectivity index is 1.71. The maximum Gasteiger partial charge on any atom is 0.120 e. The van der Waals surface area contributed by atoms with Crippen LogP contribution in [0, 0.1) is 0 Å². The van der Waals surface area contributed by atoms with Crippen molar-refractivity contribution in [3.63, 3.8) is 0 Å². The maximum atomic E-state index is 5.85. The topological polar surface area (TPSA) is 30.5 Å². The quantitative estimate of drug-likeness (QED) is 0.804. The fourth-order valence-corrected chi connectivity index (χ4v) is 2.54. The first-order valence-corrected chi connectivity index (χ1v) is 7.78. The van der Waals surface area contributed by atoms with Crippen molar-refractivity contribution < 1.29 is 9.47 Å². The molecule has 0 fully saturated rings. The van der Waals surface area contributed by atoms with Crippen LogP contribution in [0.5, 0.6) is 11.5 Å². The highest BCUT2D eigenvalue weighted by molar-refractivity contribution is 7.09. The zero-order valence-electron chi connectivity index (χ0n) is 12.0. The average Bonchev–Trinajstić information content (AvgIpc) is 2.94. The second-order valence-corrected chi connectivity index (χ2v) is 5.58. The summed E-state index contributed by atoms with van der Waals surface area (Å²) in [6.45, 7) is 6.45. The summed E-state index contributed by atoms with van der Waals surface area (Å²) < 4.78 is 11.3. The van der Waals surface area contributed by atoms with Crippen LogP contribution in [0.15, 0.2) is 41.8 Å². The molecule has 4 heteroatoms. The Kier molecular flexibility index (Phi) is 5.89. The highest BCUT2D eigenvalue weighted by Crippen LogP contribution is 2.18. The van der Waals surface area contributed by atoms with E-state index in [1.54, 1.807) is 11.3 Å². The van der Waals surface area contributed by atoms with E-state index in [0.29, 0.717) is 6.61 Å². The zero-order chi connectivity index (χ0) is 14.2. The van der Waals surface area contributed by atoms with Crippen LogP contribution < -0.4 is 14.8 Å². The molecule has 1 aromatic heterocycles. The summed E-state index contributed by atoms with van der Waals surface area (Å²) in [6.07, 6.45) is 0.132. The minimum absolute atomic E-state index is 0.132. The SMILES string of the molecule is CCOc1ccc(OC(C)CNCc2cccs2)cc1. The summed E-state index contributed by atoms with van der Waals surface area (Å²) in [6, 6.07) is 12.0. The van der Waals surface area contributed by atoms with Crippen molar-refractivity contribution in [2.24, 2.45) is 0 Å². The minimum atomic E-state index is 0.132. The van der Waals surface area contributed by atoms with Gasteiger partial charge in [-0.25, -0.2) is 0 Å². The largest absolute Gasteiger partial charge is 0.494 e. The van der Waals surface area contributed by atoms with E-state index >= 15 is 0 Å². The van der Waals surface area contributed by atoms with Crippen molar-refractivity contribution in [3.8, 4) is 11.5 Å². The van der Waals surface area contributed by atoms with Crippen molar-refractivity contribution in [1.29, 1.82) is 0 Å². The van der Waals surface area contributed by atoms with E-state index in [1.807, 2.05) is 31.2 Å². The second kappa shape index (κ2) is 7.92. The lowest BCUT2D eigenvalue weighted by Crippen LogP contribution is -2.28. The molecule has 0 aliphatic heterocycles. The van der Waals surface area contributed by atoms with Crippen LogP contribution in [0.2, 0.25) is 0 Å². The smallest absolute Gasteiger partial charge is 0.120 e. The van der Waals surface area contributed by atoms with E-state index < -0.39 is 0 Å². The van der Waals surface area contributed by atoms with Crippen molar-refractivity contribution >= 4 is 11.3 Å². The van der Waals surface area contributed by atoms with Gasteiger partial charge >= 0.3 is 0 Å². The van der Waals surface area contributed by atoms with Gasteiger partial charge in [-0.2, -0.15) is 0 Å². The molecular weight excluding hydrogens is 270 g/mol. The third kappa shape index (κ3) is 4.87. The van der Waals surface area contributed by atoms with E-state index in [2.05, 4.69) is 29.8 Å². The summed E-state index contributed by atoms with van der Waals surface area (Å²) in [5.41, 5.74) is 0. The lowest BCUT2D eigenvalue weighted by Gasteiger charge is -2.15. The highest BCUT2D eigenvalue weighted by atomic mass is 32.1. The predicted molar refractivity (Wildman–Crippen MR) is 83.7 cm³/mol. The fraction of sp³-hybridized carbons (Fsp3) is 0.375. The Morgan fingerprint density at radius 2 is 1.90 bits per heavy atom. The average molecular weight is 291 g/mol. The van der Waals surface area contributed by atoms with E-state index in [0.717, 1.165) is 24.6 Å². The van der Waals surface area contributed by atoms with Crippen molar-refractivity contribution in [2.75, 3.05) is 13.2 Å². The van der Waals surface area contributed by atoms with E-state index in [9.17, 15) is 0 Å². The molecule has 0 aliphatic carbocycles. The molecule has 1 aromatic carbocycles. The van der Waals surface area contributed by atoms with Gasteiger partial charge in [0.15, 0.2) is 0 Å². The molecule has 1 atom stereocenters. The number of rotatable bonds is 8. The third-order valence-corrected chi connectivity index (χ3v) is 3.66. The van der Waals surface area contributed by atoms with Gasteiger partial charge in [0.2, 0.25) is 0 Å². The summed E-state index contributed by atoms with van der Waals surface area (Å²) >= 11 is 1.77. The van der Waals surface area contributed by atoms with Crippen LogP contribution in [0.1, 0.15) is 18.7 Å². The van der Waals surface area contributed by atoms with Gasteiger partial charge in [0.1, 0.15) is 17.6 Å². The first kappa shape index (κ1) is 14.9. The van der Waals surface area contributed by atoms with Gasteiger partial charge in [-0.1, -0.05) is 6.07 Å². The Labute approximate surface area is 124 Å². The van der Waals surface area contributed by atoms with E-state index in [4.69, 9.17) is 9.47 Å². The highest BCUT2D eigenvalue weighted by Gasteiger charge is 2.04. The molecule has 1 unspecified atom stereocenters. The molecule has 0 amide bonds. The molecule has 2 aromatic rings. The Morgan fingerprint density at radius 1 is 1.15 bits per heavy atom. The number of hydrogen-bond acceptors (Lipinski definition) is 4. The Bertz CT molecular complexity index is 482. The number of benzene rings is 1. The van der Waals surface area contributed by atoms with Gasteiger partial charge in [0.25, 0.3) is 0 Å². The Hall–Kier alpha value is -1.52. The van der Waals surface area contributed by atoms with Crippen molar-refractivity contribution in [2.45, 2.75) is 26.5 Å². The minimum Gasteiger partial charge on any atom is -0.494 e. The summed E-state index contributed by atoms with van der Waals surface area (Å²) in [7, 11) is 0. The van der Waals surface area contributed by atoms with Crippen LogP contribution >= 0.6 is 11.3 Å². The third-order valence-electron chi connectivity index (χ3n) is 2.78. The normalized spacial score (nSPS) is 12.1. The molecule has 1 heterocycles. The molecule has 0 bridgehead atoms. The predicted octanol–water partition coefficient (Wildman–Crippen LogP) is 3.70. The van der Waals surface area contributed by atoms with Gasteiger partial charge in [-0.3, -0.25) is 0 Å². The van der Waals surface area contributed by atoms with Crippen molar-refractivity contribution in [3.05, 3.63) is 46.7 Å². The van der Waals surface area contributed by atoms with E-state index in [-0.39, 0.29) is 6.10 Å². The Morgan fingerprint density at radius 3 is 2.55 bits per heavy atom. The summed E-state index contributed by atoms with van der Waals surface area (Å²) in [5, 5.41) is 5.49. The standard InChI is InChI=1S/C16H21NO2S/c1-3-18-14-6-8-15(9-7-14)19-13(2)11-17-12-16-5-4-10-20-16/h4-10,13,17H,3,11-12H2,1-2H3. The molecule has 108 valence electrons. The molecule has 0 saturated carbocycles. The summed E-state index contributed by atoms with van der Waals surface area (Å²) in [5.74, 6) is 1.75. The van der Waals surface area contributed by atoms with Crippen LogP contribution in [-0.2, 0) is 6.54 Å². The maximum absolute atomic E-state index is 5.85. The number of hydrogen-bond donors (Lipinski definition) is 1. The molecule has 20 heavy (non-hydrogen) atoms. The molecule has 0 spiro atoms. The lowest BCUT2D eigenvalue weighted by atomic mass is 10.3. The van der Waals surface area contributed by atoms with E-state index in [1.165, 1.54) is 4.88 Å². The molecular formula is C16H21NO2S. The molecule has 2 rings (SSSR count). The summed E-state index contributed by atoms with van der Waals surface area (Å²) in [4.78, 5) is 1.35. The molecule has 0 aliphatic rings. The van der Waals surface area contributed by atoms with Crippen LogP contribution in [0.4, 0.5) is 0 Å². The fourth-order valence-electron chi connectivity index (χ4n) is 1.87. The first-order valence-electron chi connectivity index (χ1n) is 6.90. The molecule has 0 radical (unpaired) electrons. The second-order valence-electron chi connectivity index (χ2n) is 4.54. The van der Waals surface area contributed by atoms with Gasteiger partial charge in [-0.05, 0) is 49.6 Å². The van der Waals surface area contributed by atoms with Gasteiger partial charge in [-0.15, -0.1) is 11.3 Å². The van der Waals surface area contributed by atoms with Gasteiger partial charge < -0.3 is 14.8 Å².